The second-order valence-electron chi connectivity index (χ2n) is 5.91. The number of ether oxygens (including phenoxy) is 1. The van der Waals surface area contributed by atoms with Crippen molar-refractivity contribution in [3.8, 4) is 11.6 Å². The summed E-state index contributed by atoms with van der Waals surface area (Å²) >= 11 is 0. The first kappa shape index (κ1) is 18.4. The van der Waals surface area contributed by atoms with E-state index in [1.54, 1.807) is 18.0 Å². The van der Waals surface area contributed by atoms with Gasteiger partial charge >= 0.3 is 0 Å². The van der Waals surface area contributed by atoms with Crippen LogP contribution in [0, 0.1) is 6.92 Å². The van der Waals surface area contributed by atoms with Gasteiger partial charge in [-0.15, -0.1) is 0 Å². The Kier molecular flexibility index (Phi) is 5.98. The van der Waals surface area contributed by atoms with Crippen LogP contribution >= 0.6 is 0 Å². The van der Waals surface area contributed by atoms with Crippen LogP contribution in [0.4, 0.5) is 5.82 Å². The quantitative estimate of drug-likeness (QED) is 0.590. The molecule has 0 aliphatic carbocycles. The second kappa shape index (κ2) is 8.79. The lowest BCUT2D eigenvalue weighted by Gasteiger charge is -2.10. The molecule has 0 bridgehead atoms. The molecule has 0 saturated carbocycles. The number of methoxy groups -OCH3 is 1. The van der Waals surface area contributed by atoms with Crippen molar-refractivity contribution < 1.29 is 9.53 Å². The average molecular weight is 366 g/mol. The maximum atomic E-state index is 12.0. The minimum absolute atomic E-state index is 0.0296. The minimum atomic E-state index is -0.0296. The zero-order valence-corrected chi connectivity index (χ0v) is 15.3. The minimum Gasteiger partial charge on any atom is -0.497 e. The number of aryl methyl sites for hydroxylation is 1. The summed E-state index contributed by atoms with van der Waals surface area (Å²) in [5.41, 5.74) is 0.941. The molecule has 0 radical (unpaired) electrons. The molecular weight excluding hydrogens is 344 g/mol. The zero-order chi connectivity index (χ0) is 19.1. The largest absolute Gasteiger partial charge is 0.497 e. The summed E-state index contributed by atoms with van der Waals surface area (Å²) in [5, 5.41) is 10.3. The summed E-state index contributed by atoms with van der Waals surface area (Å²) in [6.07, 6.45) is 3.86. The molecular formula is C19H22N6O2. The lowest BCUT2D eigenvalue weighted by molar-refractivity contribution is -0.120. The van der Waals surface area contributed by atoms with Gasteiger partial charge in [-0.2, -0.15) is 5.10 Å². The van der Waals surface area contributed by atoms with Crippen molar-refractivity contribution >= 4 is 11.7 Å². The lowest BCUT2D eigenvalue weighted by Crippen LogP contribution is -2.30. The Morgan fingerprint density at radius 1 is 1.19 bits per heavy atom. The van der Waals surface area contributed by atoms with Gasteiger partial charge in [-0.05, 0) is 30.7 Å². The number of carbonyl (C=O) groups excluding carboxylic acids is 1. The molecule has 0 aliphatic rings. The van der Waals surface area contributed by atoms with Crippen LogP contribution in [0.15, 0.2) is 48.8 Å². The van der Waals surface area contributed by atoms with Crippen molar-refractivity contribution in [1.82, 2.24) is 25.1 Å². The average Bonchev–Trinajstić information content (AvgIpc) is 3.20. The van der Waals surface area contributed by atoms with Gasteiger partial charge in [0, 0.05) is 31.5 Å². The molecule has 0 fully saturated rings. The van der Waals surface area contributed by atoms with E-state index in [2.05, 4.69) is 25.7 Å². The molecule has 140 valence electrons. The highest BCUT2D eigenvalue weighted by atomic mass is 16.5. The van der Waals surface area contributed by atoms with Gasteiger partial charge in [0.15, 0.2) is 5.82 Å². The highest BCUT2D eigenvalue weighted by Gasteiger charge is 2.05. The molecule has 1 aromatic carbocycles. The first-order valence-corrected chi connectivity index (χ1v) is 8.63. The van der Waals surface area contributed by atoms with Gasteiger partial charge in [-0.1, -0.05) is 12.1 Å². The van der Waals surface area contributed by atoms with Gasteiger partial charge in [0.05, 0.1) is 13.5 Å². The number of nitrogens with one attached hydrogen (secondary N) is 2. The van der Waals surface area contributed by atoms with E-state index in [-0.39, 0.29) is 5.91 Å². The molecule has 1 amide bonds. The van der Waals surface area contributed by atoms with Crippen molar-refractivity contribution in [2.24, 2.45) is 0 Å². The molecule has 0 spiro atoms. The van der Waals surface area contributed by atoms with E-state index in [0.717, 1.165) is 11.3 Å². The van der Waals surface area contributed by atoms with Crippen molar-refractivity contribution in [2.45, 2.75) is 13.3 Å². The summed E-state index contributed by atoms with van der Waals surface area (Å²) in [5.74, 6) is 2.78. The van der Waals surface area contributed by atoms with E-state index in [1.807, 2.05) is 49.5 Å². The Hall–Kier alpha value is -3.42. The van der Waals surface area contributed by atoms with E-state index in [9.17, 15) is 4.79 Å². The predicted molar refractivity (Wildman–Crippen MR) is 102 cm³/mol. The third kappa shape index (κ3) is 5.27. The molecule has 2 N–H and O–H groups in total. The molecule has 0 saturated heterocycles. The Labute approximate surface area is 157 Å². The lowest BCUT2D eigenvalue weighted by atomic mass is 10.1. The fourth-order valence-corrected chi connectivity index (χ4v) is 2.55. The number of rotatable bonds is 8. The first-order chi connectivity index (χ1) is 13.1. The van der Waals surface area contributed by atoms with E-state index in [0.29, 0.717) is 37.0 Å². The summed E-state index contributed by atoms with van der Waals surface area (Å²) in [6, 6.07) is 11.1. The maximum Gasteiger partial charge on any atom is 0.224 e. The van der Waals surface area contributed by atoms with Crippen LogP contribution < -0.4 is 15.4 Å². The number of carbonyl (C=O) groups is 1. The molecule has 2 heterocycles. The Morgan fingerprint density at radius 2 is 2.00 bits per heavy atom. The number of benzene rings is 1. The highest BCUT2D eigenvalue weighted by molar-refractivity contribution is 5.78. The number of amides is 1. The number of aromatic nitrogens is 4. The Balaban J connectivity index is 1.46. The van der Waals surface area contributed by atoms with Crippen LogP contribution in [0.3, 0.4) is 0 Å². The fourth-order valence-electron chi connectivity index (χ4n) is 2.55. The predicted octanol–water partition coefficient (Wildman–Crippen LogP) is 1.75. The first-order valence-electron chi connectivity index (χ1n) is 8.63. The van der Waals surface area contributed by atoms with Gasteiger partial charge in [0.2, 0.25) is 5.91 Å². The second-order valence-corrected chi connectivity index (χ2v) is 5.91. The normalized spacial score (nSPS) is 10.4. The Morgan fingerprint density at radius 3 is 2.70 bits per heavy atom. The van der Waals surface area contributed by atoms with Crippen molar-refractivity contribution in [3.63, 3.8) is 0 Å². The number of anilines is 1. The smallest absolute Gasteiger partial charge is 0.224 e. The van der Waals surface area contributed by atoms with Crippen LogP contribution in [0.25, 0.3) is 5.82 Å². The number of hydrogen-bond acceptors (Lipinski definition) is 6. The van der Waals surface area contributed by atoms with Gasteiger partial charge in [0.25, 0.3) is 0 Å². The summed E-state index contributed by atoms with van der Waals surface area (Å²) in [4.78, 5) is 20.8. The molecule has 3 rings (SSSR count). The Bertz CT molecular complexity index is 878. The monoisotopic (exact) mass is 366 g/mol. The molecule has 27 heavy (non-hydrogen) atoms. The third-order valence-corrected chi connectivity index (χ3v) is 3.84. The summed E-state index contributed by atoms with van der Waals surface area (Å²) in [6.45, 7) is 2.88. The van der Waals surface area contributed by atoms with Gasteiger partial charge in [-0.3, -0.25) is 4.79 Å². The van der Waals surface area contributed by atoms with Crippen molar-refractivity contribution in [2.75, 3.05) is 25.5 Å². The molecule has 3 aromatic rings. The molecule has 8 heteroatoms. The third-order valence-electron chi connectivity index (χ3n) is 3.84. The molecule has 2 aromatic heterocycles. The van der Waals surface area contributed by atoms with Crippen molar-refractivity contribution in [1.29, 1.82) is 0 Å². The van der Waals surface area contributed by atoms with E-state index >= 15 is 0 Å². The number of nitrogens with zero attached hydrogens (tertiary/aromatic N) is 4. The van der Waals surface area contributed by atoms with Crippen molar-refractivity contribution in [3.05, 3.63) is 60.2 Å². The van der Waals surface area contributed by atoms with Gasteiger partial charge in [0.1, 0.15) is 17.4 Å². The molecule has 0 aliphatic heterocycles. The molecule has 8 nitrogen and oxygen atoms in total. The molecule has 0 unspecified atom stereocenters. The number of hydrogen-bond donors (Lipinski definition) is 2. The maximum absolute atomic E-state index is 12.0. The van der Waals surface area contributed by atoms with Crippen LogP contribution in [0.2, 0.25) is 0 Å². The zero-order valence-electron chi connectivity index (χ0n) is 15.3. The van der Waals surface area contributed by atoms with Crippen LogP contribution in [0.5, 0.6) is 5.75 Å². The van der Waals surface area contributed by atoms with Crippen LogP contribution in [-0.4, -0.2) is 45.9 Å². The van der Waals surface area contributed by atoms with Gasteiger partial charge in [-0.25, -0.2) is 14.6 Å². The van der Waals surface area contributed by atoms with Crippen LogP contribution in [-0.2, 0) is 11.2 Å². The SMILES string of the molecule is COc1ccc(CC(=O)NCCNc2cc(-n3cccn3)nc(C)n2)cc1. The van der Waals surface area contributed by atoms with E-state index in [4.69, 9.17) is 4.74 Å². The van der Waals surface area contributed by atoms with E-state index < -0.39 is 0 Å². The highest BCUT2D eigenvalue weighted by Crippen LogP contribution is 2.12. The van der Waals surface area contributed by atoms with Gasteiger partial charge < -0.3 is 15.4 Å². The fraction of sp³-hybridized carbons (Fsp3) is 0.263. The summed E-state index contributed by atoms with van der Waals surface area (Å²) in [7, 11) is 1.62. The standard InChI is InChI=1S/C19H22N6O2/c1-14-23-17(13-18(24-14)25-11-3-8-22-25)20-9-10-21-19(26)12-15-4-6-16(27-2)7-5-15/h3-8,11,13H,9-10,12H2,1-2H3,(H,21,26)(H,20,23,24). The summed E-state index contributed by atoms with van der Waals surface area (Å²) < 4.78 is 6.79. The topological polar surface area (TPSA) is 94.0 Å². The molecule has 0 atom stereocenters. The van der Waals surface area contributed by atoms with E-state index in [1.165, 1.54) is 0 Å². The van der Waals surface area contributed by atoms with Crippen LogP contribution in [0.1, 0.15) is 11.4 Å².